The third kappa shape index (κ3) is 3.74. The summed E-state index contributed by atoms with van der Waals surface area (Å²) in [5, 5.41) is 10.5. The van der Waals surface area contributed by atoms with E-state index >= 15 is 0 Å². The molecule has 118 valence electrons. The highest BCUT2D eigenvalue weighted by Gasteiger charge is 2.29. The number of nitrogens with one attached hydrogen (secondary N) is 2. The van der Waals surface area contributed by atoms with Crippen molar-refractivity contribution in [3.05, 3.63) is 5.82 Å². The minimum atomic E-state index is -3.07. The van der Waals surface area contributed by atoms with Gasteiger partial charge >= 0.3 is 0 Å². The lowest BCUT2D eigenvalue weighted by atomic mass is 9.89. The van der Waals surface area contributed by atoms with Crippen molar-refractivity contribution < 1.29 is 8.42 Å². The molecule has 7 nitrogen and oxygen atoms in total. The van der Waals surface area contributed by atoms with E-state index in [9.17, 15) is 8.42 Å². The maximum Gasteiger partial charge on any atom is 0.244 e. The van der Waals surface area contributed by atoms with Crippen molar-refractivity contribution in [3.8, 4) is 0 Å². The zero-order valence-electron chi connectivity index (χ0n) is 12.4. The number of H-pyrrole nitrogens is 1. The molecule has 0 aliphatic carbocycles. The molecule has 2 aliphatic rings. The van der Waals surface area contributed by atoms with Crippen LogP contribution < -0.4 is 10.2 Å². The molecule has 1 atom stereocenters. The summed E-state index contributed by atoms with van der Waals surface area (Å²) < 4.78 is 22.5. The van der Waals surface area contributed by atoms with Crippen LogP contribution in [0.3, 0.4) is 0 Å². The van der Waals surface area contributed by atoms with Crippen molar-refractivity contribution in [1.82, 2.24) is 20.5 Å². The zero-order valence-corrected chi connectivity index (χ0v) is 13.2. The molecule has 2 N–H and O–H groups in total. The third-order valence-electron chi connectivity index (χ3n) is 4.41. The van der Waals surface area contributed by atoms with E-state index in [4.69, 9.17) is 0 Å². The average molecular weight is 313 g/mol. The van der Waals surface area contributed by atoms with E-state index in [0.717, 1.165) is 38.4 Å². The highest BCUT2D eigenvalue weighted by Crippen LogP contribution is 2.27. The Kier molecular flexibility index (Phi) is 4.17. The summed E-state index contributed by atoms with van der Waals surface area (Å²) in [5.41, 5.74) is 0. The largest absolute Gasteiger partial charge is 0.340 e. The summed E-state index contributed by atoms with van der Waals surface area (Å²) in [6.07, 6.45) is 6.08. The second-order valence-corrected chi connectivity index (χ2v) is 8.32. The quantitative estimate of drug-likeness (QED) is 0.832. The van der Waals surface area contributed by atoms with Crippen LogP contribution in [0.15, 0.2) is 0 Å². The van der Waals surface area contributed by atoms with Crippen LogP contribution in [0, 0.1) is 5.92 Å². The molecule has 0 spiro atoms. The van der Waals surface area contributed by atoms with E-state index in [1.165, 1.54) is 19.1 Å². The SMILES string of the molecule is CS(=O)(=O)Cc1nc(N2CCC(C3CCCN3)CC2)n[nH]1. The number of hydrogen-bond donors (Lipinski definition) is 2. The molecule has 2 aliphatic heterocycles. The topological polar surface area (TPSA) is 91.0 Å². The van der Waals surface area contributed by atoms with Gasteiger partial charge in [0.25, 0.3) is 0 Å². The summed E-state index contributed by atoms with van der Waals surface area (Å²) in [6.45, 7) is 3.04. The first-order chi connectivity index (χ1) is 10.0. The maximum atomic E-state index is 11.3. The fourth-order valence-electron chi connectivity index (χ4n) is 3.36. The molecule has 0 aromatic carbocycles. The molecule has 3 rings (SSSR count). The Morgan fingerprint density at radius 2 is 2.05 bits per heavy atom. The summed E-state index contributed by atoms with van der Waals surface area (Å²) >= 11 is 0. The van der Waals surface area contributed by atoms with Gasteiger partial charge in [-0.3, -0.25) is 5.10 Å². The number of aromatic amines is 1. The third-order valence-corrected chi connectivity index (χ3v) is 5.21. The van der Waals surface area contributed by atoms with Gasteiger partial charge in [0, 0.05) is 25.4 Å². The van der Waals surface area contributed by atoms with Crippen LogP contribution in [0.1, 0.15) is 31.5 Å². The van der Waals surface area contributed by atoms with Gasteiger partial charge in [-0.05, 0) is 38.1 Å². The van der Waals surface area contributed by atoms with Crippen LogP contribution in [0.5, 0.6) is 0 Å². The Bertz CT molecular complexity index is 571. The Morgan fingerprint density at radius 3 is 2.67 bits per heavy atom. The van der Waals surface area contributed by atoms with Gasteiger partial charge in [-0.15, -0.1) is 5.10 Å². The highest BCUT2D eigenvalue weighted by molar-refractivity contribution is 7.89. The predicted molar refractivity (Wildman–Crippen MR) is 80.9 cm³/mol. The van der Waals surface area contributed by atoms with Gasteiger partial charge in [0.1, 0.15) is 11.6 Å². The van der Waals surface area contributed by atoms with Crippen LogP contribution in [-0.4, -0.2) is 55.5 Å². The highest BCUT2D eigenvalue weighted by atomic mass is 32.2. The van der Waals surface area contributed by atoms with Crippen molar-refractivity contribution in [3.63, 3.8) is 0 Å². The van der Waals surface area contributed by atoms with Crippen molar-refractivity contribution in [2.45, 2.75) is 37.5 Å². The maximum absolute atomic E-state index is 11.3. The average Bonchev–Trinajstić information content (AvgIpc) is 3.08. The second kappa shape index (κ2) is 5.92. The molecular formula is C13H23N5O2S. The number of sulfone groups is 1. The van der Waals surface area contributed by atoms with E-state index in [1.807, 2.05) is 0 Å². The van der Waals surface area contributed by atoms with Crippen LogP contribution in [-0.2, 0) is 15.6 Å². The minimum absolute atomic E-state index is 0.0809. The van der Waals surface area contributed by atoms with Crippen molar-refractivity contribution in [2.24, 2.45) is 5.92 Å². The van der Waals surface area contributed by atoms with Gasteiger partial charge in [0.15, 0.2) is 9.84 Å². The first kappa shape index (κ1) is 14.8. The number of rotatable bonds is 4. The first-order valence-corrected chi connectivity index (χ1v) is 9.65. The van der Waals surface area contributed by atoms with Crippen molar-refractivity contribution >= 4 is 15.8 Å². The lowest BCUT2D eigenvalue weighted by molar-refractivity contribution is 0.317. The number of aromatic nitrogens is 3. The second-order valence-electron chi connectivity index (χ2n) is 6.18. The molecule has 8 heteroatoms. The van der Waals surface area contributed by atoms with Gasteiger partial charge in [0.05, 0.1) is 0 Å². The fraction of sp³-hybridized carbons (Fsp3) is 0.846. The molecular weight excluding hydrogens is 290 g/mol. The van der Waals surface area contributed by atoms with Gasteiger partial charge in [-0.25, -0.2) is 8.42 Å². The lowest BCUT2D eigenvalue weighted by Gasteiger charge is -2.34. The van der Waals surface area contributed by atoms with E-state index in [0.29, 0.717) is 17.8 Å². The molecule has 1 unspecified atom stereocenters. The van der Waals surface area contributed by atoms with E-state index in [2.05, 4.69) is 25.4 Å². The smallest absolute Gasteiger partial charge is 0.244 e. The van der Waals surface area contributed by atoms with Crippen LogP contribution in [0.2, 0.25) is 0 Å². The number of piperidine rings is 1. The van der Waals surface area contributed by atoms with E-state index in [-0.39, 0.29) is 5.75 Å². The molecule has 0 amide bonds. The molecule has 2 saturated heterocycles. The molecule has 1 aromatic rings. The molecule has 0 bridgehead atoms. The standard InChI is InChI=1S/C13H23N5O2S/c1-21(19,20)9-12-15-13(17-16-12)18-7-4-10(5-8-18)11-3-2-6-14-11/h10-11,14H,2-9H2,1H3,(H,15,16,17). The summed E-state index contributed by atoms with van der Waals surface area (Å²) in [4.78, 5) is 6.45. The van der Waals surface area contributed by atoms with E-state index < -0.39 is 9.84 Å². The zero-order chi connectivity index (χ0) is 14.9. The normalized spacial score (nSPS) is 24.6. The Hall–Kier alpha value is -1.15. The molecule has 1 aromatic heterocycles. The van der Waals surface area contributed by atoms with Crippen LogP contribution in [0.25, 0.3) is 0 Å². The van der Waals surface area contributed by atoms with Gasteiger partial charge < -0.3 is 10.2 Å². The summed E-state index contributed by atoms with van der Waals surface area (Å²) in [5.74, 6) is 1.72. The van der Waals surface area contributed by atoms with Crippen molar-refractivity contribution in [2.75, 3.05) is 30.8 Å². The predicted octanol–water partition coefficient (Wildman–Crippen LogP) is 0.318. The van der Waals surface area contributed by atoms with Crippen LogP contribution in [0.4, 0.5) is 5.95 Å². The molecule has 0 radical (unpaired) electrons. The van der Waals surface area contributed by atoms with Crippen molar-refractivity contribution in [1.29, 1.82) is 0 Å². The fourth-order valence-corrected chi connectivity index (χ4v) is 3.98. The molecule has 3 heterocycles. The number of anilines is 1. The lowest BCUT2D eigenvalue weighted by Crippen LogP contribution is -2.41. The number of nitrogens with zero attached hydrogens (tertiary/aromatic N) is 3. The van der Waals surface area contributed by atoms with E-state index in [1.54, 1.807) is 0 Å². The summed E-state index contributed by atoms with van der Waals surface area (Å²) in [6, 6.07) is 0.681. The Morgan fingerprint density at radius 1 is 1.29 bits per heavy atom. The first-order valence-electron chi connectivity index (χ1n) is 7.58. The van der Waals surface area contributed by atoms with Crippen LogP contribution >= 0.6 is 0 Å². The monoisotopic (exact) mass is 313 g/mol. The van der Waals surface area contributed by atoms with Gasteiger partial charge in [-0.2, -0.15) is 4.98 Å². The van der Waals surface area contributed by atoms with Gasteiger partial charge in [-0.1, -0.05) is 0 Å². The van der Waals surface area contributed by atoms with Gasteiger partial charge in [0.2, 0.25) is 5.95 Å². The Balaban J connectivity index is 1.56. The Labute approximate surface area is 125 Å². The molecule has 21 heavy (non-hydrogen) atoms. The molecule has 0 saturated carbocycles. The minimum Gasteiger partial charge on any atom is -0.340 e. The molecule has 2 fully saturated rings. The summed E-state index contributed by atoms with van der Waals surface area (Å²) in [7, 11) is -3.07. The number of hydrogen-bond acceptors (Lipinski definition) is 6.